The second-order valence-corrected chi connectivity index (χ2v) is 4.95. The lowest BCUT2D eigenvalue weighted by molar-refractivity contribution is -0.146. The fourth-order valence-electron chi connectivity index (χ4n) is 2.29. The Morgan fingerprint density at radius 3 is 2.72 bits per heavy atom. The van der Waals surface area contributed by atoms with Gasteiger partial charge in [0.25, 0.3) is 0 Å². The Morgan fingerprint density at radius 1 is 1.33 bits per heavy atom. The van der Waals surface area contributed by atoms with E-state index in [0.29, 0.717) is 19.6 Å². The summed E-state index contributed by atoms with van der Waals surface area (Å²) >= 11 is 0. The number of rotatable bonds is 4. The lowest BCUT2D eigenvalue weighted by atomic mass is 10.0. The standard InChI is InChI=1S/C12H20N2O4/c15-11(16)9-7-14(8-9)12(17)13-5-4-10-3-1-2-6-18-10/h9-10H,1-8H2,(H,13,17)(H,15,16). The summed E-state index contributed by atoms with van der Waals surface area (Å²) in [5.41, 5.74) is 0. The zero-order valence-electron chi connectivity index (χ0n) is 10.4. The second kappa shape index (κ2) is 6.04. The van der Waals surface area contributed by atoms with E-state index < -0.39 is 11.9 Å². The van der Waals surface area contributed by atoms with Crippen molar-refractivity contribution in [2.24, 2.45) is 5.92 Å². The first-order valence-corrected chi connectivity index (χ1v) is 6.54. The van der Waals surface area contributed by atoms with E-state index in [1.807, 2.05) is 0 Å². The van der Waals surface area contributed by atoms with E-state index in [4.69, 9.17) is 9.84 Å². The molecule has 1 atom stereocenters. The molecule has 0 aromatic carbocycles. The van der Waals surface area contributed by atoms with Gasteiger partial charge in [-0.25, -0.2) is 4.79 Å². The highest BCUT2D eigenvalue weighted by atomic mass is 16.5. The maximum absolute atomic E-state index is 11.6. The molecule has 2 fully saturated rings. The number of carbonyl (C=O) groups is 2. The van der Waals surface area contributed by atoms with Crippen molar-refractivity contribution in [1.82, 2.24) is 10.2 Å². The fraction of sp³-hybridized carbons (Fsp3) is 0.833. The van der Waals surface area contributed by atoms with E-state index in [0.717, 1.165) is 25.9 Å². The van der Waals surface area contributed by atoms with Crippen LogP contribution in [0.3, 0.4) is 0 Å². The minimum Gasteiger partial charge on any atom is -0.481 e. The maximum Gasteiger partial charge on any atom is 0.317 e. The molecule has 0 bridgehead atoms. The molecule has 18 heavy (non-hydrogen) atoms. The molecule has 0 aromatic rings. The summed E-state index contributed by atoms with van der Waals surface area (Å²) in [4.78, 5) is 23.7. The van der Waals surface area contributed by atoms with Gasteiger partial charge in [0.2, 0.25) is 0 Å². The molecule has 2 aliphatic rings. The molecule has 102 valence electrons. The Balaban J connectivity index is 1.57. The molecular formula is C12H20N2O4. The molecule has 6 nitrogen and oxygen atoms in total. The molecule has 6 heteroatoms. The number of carboxylic acid groups (broad SMARTS) is 1. The van der Waals surface area contributed by atoms with Crippen molar-refractivity contribution in [3.8, 4) is 0 Å². The Morgan fingerprint density at radius 2 is 2.11 bits per heavy atom. The summed E-state index contributed by atoms with van der Waals surface area (Å²) in [6.45, 7) is 2.06. The Kier molecular flexibility index (Phi) is 4.41. The van der Waals surface area contributed by atoms with Gasteiger partial charge in [0, 0.05) is 26.2 Å². The molecule has 0 aliphatic carbocycles. The number of likely N-dealkylation sites (tertiary alicyclic amines) is 1. The Bertz CT molecular complexity index is 309. The minimum atomic E-state index is -0.824. The van der Waals surface area contributed by atoms with Crippen molar-refractivity contribution in [3.63, 3.8) is 0 Å². The maximum atomic E-state index is 11.6. The summed E-state index contributed by atoms with van der Waals surface area (Å²) in [5.74, 6) is -1.22. The zero-order valence-corrected chi connectivity index (χ0v) is 10.4. The number of aliphatic carboxylic acids is 1. The van der Waals surface area contributed by atoms with Gasteiger partial charge < -0.3 is 20.1 Å². The molecule has 2 heterocycles. The SMILES string of the molecule is O=C(O)C1CN(C(=O)NCCC2CCCCO2)C1. The Hall–Kier alpha value is -1.30. The van der Waals surface area contributed by atoms with E-state index in [2.05, 4.69) is 5.32 Å². The van der Waals surface area contributed by atoms with E-state index >= 15 is 0 Å². The predicted molar refractivity (Wildman–Crippen MR) is 64.3 cm³/mol. The van der Waals surface area contributed by atoms with Crippen LogP contribution in [-0.4, -0.2) is 54.4 Å². The third-order valence-corrected chi connectivity index (χ3v) is 3.53. The Labute approximate surface area is 106 Å². The molecule has 2 aliphatic heterocycles. The number of hydrogen-bond donors (Lipinski definition) is 2. The van der Waals surface area contributed by atoms with Crippen LogP contribution in [0.25, 0.3) is 0 Å². The van der Waals surface area contributed by atoms with E-state index in [1.54, 1.807) is 0 Å². The average molecular weight is 256 g/mol. The molecule has 1 unspecified atom stereocenters. The van der Waals surface area contributed by atoms with Crippen LogP contribution in [-0.2, 0) is 9.53 Å². The number of ether oxygens (including phenoxy) is 1. The van der Waals surface area contributed by atoms with Crippen LogP contribution in [0.2, 0.25) is 0 Å². The smallest absolute Gasteiger partial charge is 0.317 e. The number of hydrogen-bond acceptors (Lipinski definition) is 3. The molecule has 2 amide bonds. The number of nitrogens with zero attached hydrogens (tertiary/aromatic N) is 1. The second-order valence-electron chi connectivity index (χ2n) is 4.95. The highest BCUT2D eigenvalue weighted by Crippen LogP contribution is 2.16. The first kappa shape index (κ1) is 13.1. The van der Waals surface area contributed by atoms with Crippen molar-refractivity contribution in [2.75, 3.05) is 26.2 Å². The van der Waals surface area contributed by atoms with E-state index in [9.17, 15) is 9.59 Å². The van der Waals surface area contributed by atoms with E-state index in [-0.39, 0.29) is 12.1 Å². The van der Waals surface area contributed by atoms with Crippen molar-refractivity contribution >= 4 is 12.0 Å². The van der Waals surface area contributed by atoms with Gasteiger partial charge in [-0.3, -0.25) is 4.79 Å². The van der Waals surface area contributed by atoms with E-state index in [1.165, 1.54) is 11.3 Å². The van der Waals surface area contributed by atoms with Gasteiger partial charge in [-0.15, -0.1) is 0 Å². The molecule has 0 saturated carbocycles. The normalized spacial score (nSPS) is 24.4. The van der Waals surface area contributed by atoms with Crippen molar-refractivity contribution in [2.45, 2.75) is 31.8 Å². The highest BCUT2D eigenvalue weighted by Gasteiger charge is 2.35. The first-order chi connectivity index (χ1) is 8.66. The van der Waals surface area contributed by atoms with Crippen molar-refractivity contribution in [3.05, 3.63) is 0 Å². The molecule has 2 rings (SSSR count). The molecule has 0 radical (unpaired) electrons. The third-order valence-electron chi connectivity index (χ3n) is 3.53. The van der Waals surface area contributed by atoms with Gasteiger partial charge in [0.15, 0.2) is 0 Å². The monoisotopic (exact) mass is 256 g/mol. The van der Waals surface area contributed by atoms with Crippen LogP contribution >= 0.6 is 0 Å². The molecule has 0 aromatic heterocycles. The molecular weight excluding hydrogens is 236 g/mol. The number of carboxylic acids is 1. The predicted octanol–water partition coefficient (Wildman–Crippen LogP) is 0.672. The van der Waals surface area contributed by atoms with Crippen LogP contribution in [0.4, 0.5) is 4.79 Å². The number of amides is 2. The topological polar surface area (TPSA) is 78.9 Å². The summed E-state index contributed by atoms with van der Waals surface area (Å²) in [6, 6.07) is -0.164. The minimum absolute atomic E-state index is 0.164. The summed E-state index contributed by atoms with van der Waals surface area (Å²) in [6.07, 6.45) is 4.50. The molecule has 2 N–H and O–H groups in total. The van der Waals surface area contributed by atoms with Gasteiger partial charge in [0.05, 0.1) is 12.0 Å². The number of nitrogens with one attached hydrogen (secondary N) is 1. The molecule has 0 spiro atoms. The first-order valence-electron chi connectivity index (χ1n) is 6.54. The summed E-state index contributed by atoms with van der Waals surface area (Å²) in [7, 11) is 0. The van der Waals surface area contributed by atoms with Crippen molar-refractivity contribution in [1.29, 1.82) is 0 Å². The summed E-state index contributed by atoms with van der Waals surface area (Å²) < 4.78 is 5.57. The quantitative estimate of drug-likeness (QED) is 0.775. The number of urea groups is 1. The van der Waals surface area contributed by atoms with Crippen molar-refractivity contribution < 1.29 is 19.4 Å². The van der Waals surface area contributed by atoms with Gasteiger partial charge in [-0.2, -0.15) is 0 Å². The van der Waals surface area contributed by atoms with Gasteiger partial charge in [0.1, 0.15) is 0 Å². The van der Waals surface area contributed by atoms with Gasteiger partial charge in [-0.1, -0.05) is 0 Å². The molecule has 2 saturated heterocycles. The number of carbonyl (C=O) groups excluding carboxylic acids is 1. The summed E-state index contributed by atoms with van der Waals surface area (Å²) in [5, 5.41) is 11.5. The van der Waals surface area contributed by atoms with Crippen LogP contribution in [0.5, 0.6) is 0 Å². The van der Waals surface area contributed by atoms with Gasteiger partial charge in [-0.05, 0) is 25.7 Å². The zero-order chi connectivity index (χ0) is 13.0. The van der Waals surface area contributed by atoms with Crippen LogP contribution in [0, 0.1) is 5.92 Å². The lowest BCUT2D eigenvalue weighted by Crippen LogP contribution is -2.56. The van der Waals surface area contributed by atoms with Crippen LogP contribution < -0.4 is 5.32 Å². The third kappa shape index (κ3) is 3.35. The van der Waals surface area contributed by atoms with Crippen LogP contribution in [0.15, 0.2) is 0 Å². The van der Waals surface area contributed by atoms with Gasteiger partial charge >= 0.3 is 12.0 Å². The fourth-order valence-corrected chi connectivity index (χ4v) is 2.29. The average Bonchev–Trinajstić information content (AvgIpc) is 2.28. The lowest BCUT2D eigenvalue weighted by Gasteiger charge is -2.36. The highest BCUT2D eigenvalue weighted by molar-refractivity contribution is 5.79. The van der Waals surface area contributed by atoms with Crippen LogP contribution in [0.1, 0.15) is 25.7 Å². The largest absolute Gasteiger partial charge is 0.481 e.